The second kappa shape index (κ2) is 7.55. The second-order valence-corrected chi connectivity index (χ2v) is 6.36. The third-order valence-electron chi connectivity index (χ3n) is 3.47. The number of hydrogen-bond acceptors (Lipinski definition) is 4. The quantitative estimate of drug-likeness (QED) is 0.675. The van der Waals surface area contributed by atoms with Crippen LogP contribution in [-0.4, -0.2) is 17.3 Å². The molecule has 24 heavy (non-hydrogen) atoms. The summed E-state index contributed by atoms with van der Waals surface area (Å²) in [5.74, 6) is 0.511. The number of amides is 1. The molecule has 1 amide bonds. The van der Waals surface area contributed by atoms with Crippen LogP contribution in [0.2, 0.25) is 5.02 Å². The largest absolute Gasteiger partial charge is 0.356 e. The first kappa shape index (κ1) is 16.6. The van der Waals surface area contributed by atoms with Crippen LogP contribution in [0.15, 0.2) is 64.0 Å². The number of carbonyl (C=O) groups excluding carboxylic acids is 1. The molecular weight excluding hydrogens is 344 g/mol. The lowest BCUT2D eigenvalue weighted by molar-refractivity contribution is 0.0947. The minimum Gasteiger partial charge on any atom is -0.356 e. The molecule has 3 aromatic rings. The van der Waals surface area contributed by atoms with Gasteiger partial charge in [0.2, 0.25) is 0 Å². The van der Waals surface area contributed by atoms with Crippen LogP contribution in [0, 0.1) is 0 Å². The van der Waals surface area contributed by atoms with Crippen LogP contribution in [-0.2, 0) is 6.54 Å². The Labute approximate surface area is 149 Å². The Kier molecular flexibility index (Phi) is 5.23. The molecule has 4 nitrogen and oxygen atoms in total. The first-order valence-corrected chi connectivity index (χ1v) is 8.90. The van der Waals surface area contributed by atoms with E-state index in [4.69, 9.17) is 16.1 Å². The van der Waals surface area contributed by atoms with E-state index in [1.807, 2.05) is 48.7 Å². The Morgan fingerprint density at radius 3 is 2.71 bits per heavy atom. The molecule has 1 N–H and O–H groups in total. The highest BCUT2D eigenvalue weighted by atomic mass is 35.5. The highest BCUT2D eigenvalue weighted by Gasteiger charge is 2.12. The third kappa shape index (κ3) is 3.80. The van der Waals surface area contributed by atoms with Crippen LogP contribution < -0.4 is 5.32 Å². The predicted octanol–water partition coefficient (Wildman–Crippen LogP) is 4.65. The molecule has 0 bridgehead atoms. The summed E-state index contributed by atoms with van der Waals surface area (Å²) >= 11 is 7.42. The maximum atomic E-state index is 12.3. The van der Waals surface area contributed by atoms with E-state index < -0.39 is 0 Å². The molecule has 0 unspecified atom stereocenters. The standard InChI is InChI=1S/C18H15ClN2O2S/c1-24-17-5-3-2-4-15(17)18(22)20-11-14-10-16(23-21-14)12-6-8-13(19)9-7-12/h2-10H,11H2,1H3,(H,20,22). The van der Waals surface area contributed by atoms with E-state index in [-0.39, 0.29) is 5.91 Å². The number of benzene rings is 2. The molecule has 0 aliphatic heterocycles. The average Bonchev–Trinajstić information content (AvgIpc) is 3.09. The zero-order chi connectivity index (χ0) is 16.9. The van der Waals surface area contributed by atoms with Crippen molar-refractivity contribution in [2.24, 2.45) is 0 Å². The number of nitrogens with one attached hydrogen (secondary N) is 1. The van der Waals surface area contributed by atoms with Crippen molar-refractivity contribution in [1.82, 2.24) is 10.5 Å². The van der Waals surface area contributed by atoms with Crippen LogP contribution in [0.5, 0.6) is 0 Å². The lowest BCUT2D eigenvalue weighted by Crippen LogP contribution is -2.23. The van der Waals surface area contributed by atoms with Crippen molar-refractivity contribution in [3.05, 3.63) is 70.9 Å². The Hall–Kier alpha value is -2.24. The van der Waals surface area contributed by atoms with Gasteiger partial charge in [0, 0.05) is 21.5 Å². The molecule has 1 aromatic heterocycles. The summed E-state index contributed by atoms with van der Waals surface area (Å²) in [6, 6.07) is 16.6. The Morgan fingerprint density at radius 1 is 1.21 bits per heavy atom. The monoisotopic (exact) mass is 358 g/mol. The van der Waals surface area contributed by atoms with E-state index in [1.165, 1.54) is 0 Å². The van der Waals surface area contributed by atoms with Gasteiger partial charge in [0.25, 0.3) is 5.91 Å². The number of thioether (sulfide) groups is 1. The molecular formula is C18H15ClN2O2S. The highest BCUT2D eigenvalue weighted by molar-refractivity contribution is 7.98. The first-order chi connectivity index (χ1) is 11.7. The molecule has 0 spiro atoms. The van der Waals surface area contributed by atoms with Gasteiger partial charge in [-0.15, -0.1) is 11.8 Å². The number of carbonyl (C=O) groups is 1. The van der Waals surface area contributed by atoms with Gasteiger partial charge in [-0.25, -0.2) is 0 Å². The van der Waals surface area contributed by atoms with Gasteiger partial charge < -0.3 is 9.84 Å². The first-order valence-electron chi connectivity index (χ1n) is 7.30. The summed E-state index contributed by atoms with van der Waals surface area (Å²) in [5.41, 5.74) is 2.21. The summed E-state index contributed by atoms with van der Waals surface area (Å²) in [7, 11) is 0. The summed E-state index contributed by atoms with van der Waals surface area (Å²) in [6.45, 7) is 0.304. The van der Waals surface area contributed by atoms with Gasteiger partial charge in [0.15, 0.2) is 5.76 Å². The maximum Gasteiger partial charge on any atom is 0.252 e. The molecule has 122 valence electrons. The van der Waals surface area contributed by atoms with Crippen molar-refractivity contribution in [3.8, 4) is 11.3 Å². The van der Waals surface area contributed by atoms with Gasteiger partial charge in [-0.05, 0) is 42.7 Å². The minimum atomic E-state index is -0.129. The van der Waals surface area contributed by atoms with Gasteiger partial charge >= 0.3 is 0 Å². The molecule has 1 heterocycles. The van der Waals surface area contributed by atoms with E-state index in [2.05, 4.69) is 10.5 Å². The maximum absolute atomic E-state index is 12.3. The van der Waals surface area contributed by atoms with Crippen molar-refractivity contribution in [2.75, 3.05) is 6.26 Å². The molecule has 6 heteroatoms. The SMILES string of the molecule is CSc1ccccc1C(=O)NCc1cc(-c2ccc(Cl)cc2)on1. The number of halogens is 1. The van der Waals surface area contributed by atoms with Gasteiger partial charge in [-0.2, -0.15) is 0 Å². The molecule has 0 aliphatic carbocycles. The summed E-state index contributed by atoms with van der Waals surface area (Å²) in [5, 5.41) is 7.53. The van der Waals surface area contributed by atoms with Crippen molar-refractivity contribution >= 4 is 29.3 Å². The fourth-order valence-corrected chi connectivity index (χ4v) is 2.96. The minimum absolute atomic E-state index is 0.129. The van der Waals surface area contributed by atoms with E-state index in [1.54, 1.807) is 23.9 Å². The van der Waals surface area contributed by atoms with Gasteiger partial charge in [0.1, 0.15) is 5.69 Å². The molecule has 0 radical (unpaired) electrons. The summed E-state index contributed by atoms with van der Waals surface area (Å²) in [6.07, 6.45) is 1.95. The lowest BCUT2D eigenvalue weighted by Gasteiger charge is -2.06. The Morgan fingerprint density at radius 2 is 1.96 bits per heavy atom. The van der Waals surface area contributed by atoms with E-state index in [0.717, 1.165) is 10.5 Å². The number of rotatable bonds is 5. The van der Waals surface area contributed by atoms with Crippen LogP contribution in [0.4, 0.5) is 0 Å². The number of hydrogen-bond donors (Lipinski definition) is 1. The zero-order valence-corrected chi connectivity index (χ0v) is 14.5. The topological polar surface area (TPSA) is 55.1 Å². The molecule has 0 aliphatic rings. The normalized spacial score (nSPS) is 10.6. The van der Waals surface area contributed by atoms with Crippen LogP contribution in [0.25, 0.3) is 11.3 Å². The van der Waals surface area contributed by atoms with Crippen molar-refractivity contribution in [2.45, 2.75) is 11.4 Å². The van der Waals surface area contributed by atoms with Crippen molar-refractivity contribution < 1.29 is 9.32 Å². The van der Waals surface area contributed by atoms with Crippen LogP contribution >= 0.6 is 23.4 Å². The molecule has 3 rings (SSSR count). The molecule has 0 saturated carbocycles. The summed E-state index contributed by atoms with van der Waals surface area (Å²) in [4.78, 5) is 13.3. The van der Waals surface area contributed by atoms with Gasteiger partial charge in [-0.1, -0.05) is 28.9 Å². The fraction of sp³-hybridized carbons (Fsp3) is 0.111. The van der Waals surface area contributed by atoms with E-state index in [9.17, 15) is 4.79 Å². The van der Waals surface area contributed by atoms with Crippen LogP contribution in [0.1, 0.15) is 16.1 Å². The Bertz CT molecular complexity index is 846. The molecule has 0 saturated heterocycles. The van der Waals surface area contributed by atoms with Gasteiger partial charge in [-0.3, -0.25) is 4.79 Å². The fourth-order valence-electron chi connectivity index (χ4n) is 2.24. The Balaban J connectivity index is 1.67. The summed E-state index contributed by atoms with van der Waals surface area (Å²) < 4.78 is 5.32. The molecule has 0 atom stereocenters. The highest BCUT2D eigenvalue weighted by Crippen LogP contribution is 2.23. The third-order valence-corrected chi connectivity index (χ3v) is 4.52. The smallest absolute Gasteiger partial charge is 0.252 e. The van der Waals surface area contributed by atoms with E-state index in [0.29, 0.717) is 28.6 Å². The lowest BCUT2D eigenvalue weighted by atomic mass is 10.1. The van der Waals surface area contributed by atoms with Crippen molar-refractivity contribution in [1.29, 1.82) is 0 Å². The van der Waals surface area contributed by atoms with Crippen LogP contribution in [0.3, 0.4) is 0 Å². The average molecular weight is 359 g/mol. The number of aromatic nitrogens is 1. The van der Waals surface area contributed by atoms with Gasteiger partial charge in [0.05, 0.1) is 12.1 Å². The predicted molar refractivity (Wildman–Crippen MR) is 96.3 cm³/mol. The molecule has 2 aromatic carbocycles. The van der Waals surface area contributed by atoms with E-state index >= 15 is 0 Å². The zero-order valence-electron chi connectivity index (χ0n) is 13.0. The second-order valence-electron chi connectivity index (χ2n) is 5.07. The number of nitrogens with zero attached hydrogens (tertiary/aromatic N) is 1. The molecule has 0 fully saturated rings. The van der Waals surface area contributed by atoms with Crippen molar-refractivity contribution in [3.63, 3.8) is 0 Å².